The summed E-state index contributed by atoms with van der Waals surface area (Å²) in [6.45, 7) is 3.53. The molecule has 1 aliphatic rings. The van der Waals surface area contributed by atoms with Gasteiger partial charge in [0, 0.05) is 25.8 Å². The van der Waals surface area contributed by atoms with E-state index in [4.69, 9.17) is 4.74 Å². The first kappa shape index (κ1) is 17.1. The fourth-order valence-electron chi connectivity index (χ4n) is 3.36. The minimum atomic E-state index is -0.0959. The van der Waals surface area contributed by atoms with E-state index < -0.39 is 0 Å². The lowest BCUT2D eigenvalue weighted by Gasteiger charge is -2.31. The zero-order valence-electron chi connectivity index (χ0n) is 15.0. The molecule has 2 aromatic carbocycles. The summed E-state index contributed by atoms with van der Waals surface area (Å²) in [5, 5.41) is 3.01. The molecule has 1 heterocycles. The molecule has 0 spiro atoms. The van der Waals surface area contributed by atoms with Crippen molar-refractivity contribution in [3.8, 4) is 5.75 Å². The largest absolute Gasteiger partial charge is 0.495 e. The van der Waals surface area contributed by atoms with Gasteiger partial charge in [0.2, 0.25) is 0 Å². The lowest BCUT2D eigenvalue weighted by Crippen LogP contribution is -2.45. The Hall–Kier alpha value is -2.69. The van der Waals surface area contributed by atoms with Crippen molar-refractivity contribution in [3.05, 3.63) is 54.1 Å². The number of hydrogen-bond donors (Lipinski definition) is 1. The van der Waals surface area contributed by atoms with Crippen molar-refractivity contribution in [3.63, 3.8) is 0 Å². The van der Waals surface area contributed by atoms with Gasteiger partial charge in [-0.25, -0.2) is 4.79 Å². The van der Waals surface area contributed by atoms with Crippen molar-refractivity contribution in [1.29, 1.82) is 0 Å². The average molecular weight is 339 g/mol. The highest BCUT2D eigenvalue weighted by atomic mass is 16.5. The molecule has 0 radical (unpaired) electrons. The lowest BCUT2D eigenvalue weighted by atomic mass is 10.1. The maximum absolute atomic E-state index is 13.0. The van der Waals surface area contributed by atoms with Crippen molar-refractivity contribution < 1.29 is 9.53 Å². The number of hydrogen-bond acceptors (Lipinski definition) is 3. The van der Waals surface area contributed by atoms with Crippen LogP contribution in [0.15, 0.2) is 48.5 Å². The van der Waals surface area contributed by atoms with Crippen molar-refractivity contribution in [1.82, 2.24) is 4.90 Å². The molecule has 5 heteroatoms. The Morgan fingerprint density at radius 1 is 1.20 bits per heavy atom. The number of carbonyl (C=O) groups is 1. The molecule has 3 rings (SSSR count). The molecule has 132 valence electrons. The van der Waals surface area contributed by atoms with E-state index in [1.54, 1.807) is 7.11 Å². The number of rotatable bonds is 3. The monoisotopic (exact) mass is 339 g/mol. The van der Waals surface area contributed by atoms with Crippen molar-refractivity contribution >= 4 is 17.4 Å². The van der Waals surface area contributed by atoms with E-state index in [-0.39, 0.29) is 12.1 Å². The van der Waals surface area contributed by atoms with Gasteiger partial charge in [0.05, 0.1) is 18.8 Å². The molecule has 2 amide bonds. The molecule has 0 unspecified atom stereocenters. The summed E-state index contributed by atoms with van der Waals surface area (Å²) < 4.78 is 5.34. The van der Waals surface area contributed by atoms with Gasteiger partial charge >= 0.3 is 6.03 Å². The van der Waals surface area contributed by atoms with Gasteiger partial charge in [-0.15, -0.1) is 0 Å². The summed E-state index contributed by atoms with van der Waals surface area (Å²) >= 11 is 0. The number of methoxy groups -OCH3 is 1. The molecule has 1 N–H and O–H groups in total. The molecule has 0 fully saturated rings. The minimum Gasteiger partial charge on any atom is -0.495 e. The van der Waals surface area contributed by atoms with E-state index in [2.05, 4.69) is 36.3 Å². The molecular formula is C20H25N3O2. The number of benzene rings is 2. The van der Waals surface area contributed by atoms with Crippen LogP contribution in [0, 0.1) is 0 Å². The van der Waals surface area contributed by atoms with Crippen LogP contribution in [0.4, 0.5) is 16.2 Å². The Morgan fingerprint density at radius 3 is 2.68 bits per heavy atom. The molecule has 1 aliphatic heterocycles. The van der Waals surface area contributed by atoms with Crippen LogP contribution >= 0.6 is 0 Å². The fourth-order valence-corrected chi connectivity index (χ4v) is 3.36. The number of amides is 2. The van der Waals surface area contributed by atoms with E-state index in [0.29, 0.717) is 18.0 Å². The number of likely N-dealkylation sites (N-methyl/N-ethyl adjacent to an activating group) is 1. The predicted octanol–water partition coefficient (Wildman–Crippen LogP) is 3.96. The molecule has 2 aromatic rings. The van der Waals surface area contributed by atoms with Gasteiger partial charge in [-0.3, -0.25) is 0 Å². The van der Waals surface area contributed by atoms with Gasteiger partial charge in [0.15, 0.2) is 0 Å². The van der Waals surface area contributed by atoms with Gasteiger partial charge in [-0.1, -0.05) is 37.3 Å². The van der Waals surface area contributed by atoms with Crippen LogP contribution in [-0.4, -0.2) is 37.7 Å². The average Bonchev–Trinajstić information content (AvgIpc) is 2.79. The predicted molar refractivity (Wildman–Crippen MR) is 101 cm³/mol. The number of nitrogens with one attached hydrogen (secondary N) is 1. The summed E-state index contributed by atoms with van der Waals surface area (Å²) in [6, 6.07) is 15.8. The Morgan fingerprint density at radius 2 is 1.92 bits per heavy atom. The summed E-state index contributed by atoms with van der Waals surface area (Å²) in [4.78, 5) is 17.2. The summed E-state index contributed by atoms with van der Waals surface area (Å²) in [6.07, 6.45) is 0.900. The maximum Gasteiger partial charge on any atom is 0.322 e. The van der Waals surface area contributed by atoms with Crippen LogP contribution < -0.4 is 15.0 Å². The van der Waals surface area contributed by atoms with E-state index in [9.17, 15) is 4.79 Å². The van der Waals surface area contributed by atoms with Crippen molar-refractivity contribution in [2.75, 3.05) is 30.9 Å². The molecule has 5 nitrogen and oxygen atoms in total. The first-order valence-electron chi connectivity index (χ1n) is 8.63. The smallest absolute Gasteiger partial charge is 0.322 e. The number of carbonyl (C=O) groups excluding carboxylic acids is 1. The Kier molecular flexibility index (Phi) is 5.12. The van der Waals surface area contributed by atoms with Crippen molar-refractivity contribution in [2.24, 2.45) is 0 Å². The molecule has 1 atom stereocenters. The van der Waals surface area contributed by atoms with Crippen LogP contribution in [0.25, 0.3) is 0 Å². The molecule has 0 saturated heterocycles. The molecule has 0 saturated carbocycles. The SMILES string of the molecule is CC[C@H]1CN(C)c2ccccc2CN1C(=O)Nc1ccccc1OC. The lowest BCUT2D eigenvalue weighted by molar-refractivity contribution is 0.185. The molecular weight excluding hydrogens is 314 g/mol. The fraction of sp³-hybridized carbons (Fsp3) is 0.350. The molecule has 0 aromatic heterocycles. The van der Waals surface area contributed by atoms with Crippen LogP contribution in [0.1, 0.15) is 18.9 Å². The van der Waals surface area contributed by atoms with E-state index in [0.717, 1.165) is 18.5 Å². The zero-order valence-corrected chi connectivity index (χ0v) is 15.0. The van der Waals surface area contributed by atoms with E-state index in [1.807, 2.05) is 41.3 Å². The van der Waals surface area contributed by atoms with Crippen LogP contribution in [0.3, 0.4) is 0 Å². The standard InChI is InChI=1S/C20H25N3O2/c1-4-16-14-22(2)18-11-7-5-9-15(18)13-23(16)20(24)21-17-10-6-8-12-19(17)25-3/h5-12,16H,4,13-14H2,1-3H3,(H,21,24)/t16-/m0/s1. The highest BCUT2D eigenvalue weighted by Crippen LogP contribution is 2.29. The van der Waals surface area contributed by atoms with Gasteiger partial charge in [-0.05, 0) is 30.2 Å². The number of para-hydroxylation sites is 3. The van der Waals surface area contributed by atoms with Crippen LogP contribution in [0.5, 0.6) is 5.75 Å². The number of nitrogens with zero attached hydrogens (tertiary/aromatic N) is 2. The first-order valence-corrected chi connectivity index (χ1v) is 8.63. The number of anilines is 2. The quantitative estimate of drug-likeness (QED) is 0.921. The third-order valence-electron chi connectivity index (χ3n) is 4.75. The number of ether oxygens (including phenoxy) is 1. The highest BCUT2D eigenvalue weighted by Gasteiger charge is 2.29. The highest BCUT2D eigenvalue weighted by molar-refractivity contribution is 5.91. The zero-order chi connectivity index (χ0) is 17.8. The third-order valence-corrected chi connectivity index (χ3v) is 4.75. The van der Waals surface area contributed by atoms with E-state index in [1.165, 1.54) is 5.69 Å². The topological polar surface area (TPSA) is 44.8 Å². The van der Waals surface area contributed by atoms with Gasteiger partial charge in [0.1, 0.15) is 5.75 Å². The maximum atomic E-state index is 13.0. The number of urea groups is 1. The normalized spacial score (nSPS) is 16.8. The van der Waals surface area contributed by atoms with Gasteiger partial charge in [0.25, 0.3) is 0 Å². The summed E-state index contributed by atoms with van der Waals surface area (Å²) in [5.41, 5.74) is 3.04. The van der Waals surface area contributed by atoms with E-state index >= 15 is 0 Å². The van der Waals surface area contributed by atoms with Gasteiger partial charge < -0.3 is 19.9 Å². The van der Waals surface area contributed by atoms with Crippen LogP contribution in [-0.2, 0) is 6.54 Å². The molecule has 25 heavy (non-hydrogen) atoms. The van der Waals surface area contributed by atoms with Crippen molar-refractivity contribution in [2.45, 2.75) is 25.9 Å². The van der Waals surface area contributed by atoms with Gasteiger partial charge in [-0.2, -0.15) is 0 Å². The summed E-state index contributed by atoms with van der Waals surface area (Å²) in [5.74, 6) is 0.663. The Bertz CT molecular complexity index is 747. The third kappa shape index (κ3) is 3.55. The number of fused-ring (bicyclic) bond motifs is 1. The minimum absolute atomic E-state index is 0.0959. The van der Waals surface area contributed by atoms with Crippen LogP contribution in [0.2, 0.25) is 0 Å². The second kappa shape index (κ2) is 7.47. The molecule has 0 aliphatic carbocycles. The Labute approximate surface area is 149 Å². The Balaban J connectivity index is 1.87. The first-order chi connectivity index (χ1) is 12.1. The second-order valence-corrected chi connectivity index (χ2v) is 6.33. The molecule has 0 bridgehead atoms. The second-order valence-electron chi connectivity index (χ2n) is 6.33. The summed E-state index contributed by atoms with van der Waals surface area (Å²) in [7, 11) is 3.69.